The summed E-state index contributed by atoms with van der Waals surface area (Å²) in [5.74, 6) is 0. The van der Waals surface area contributed by atoms with E-state index in [1.54, 1.807) is 0 Å². The molecule has 1 N–H and O–H groups in total. The number of aliphatic hydroxyl groups is 1. The Morgan fingerprint density at radius 1 is 1.45 bits per heavy atom. The molecule has 62 valence electrons. The van der Waals surface area contributed by atoms with Gasteiger partial charge in [0.25, 0.3) is 0 Å². The molecular weight excluding hydrogens is 159 g/mol. The fourth-order valence-corrected chi connectivity index (χ4v) is 0.792. The predicted octanol–water partition coefficient (Wildman–Crippen LogP) is 1.46. The first kappa shape index (κ1) is 8.13. The van der Waals surface area contributed by atoms with Gasteiger partial charge in [0.1, 0.15) is 0 Å². The summed E-state index contributed by atoms with van der Waals surface area (Å²) in [6.07, 6.45) is -3.56. The van der Waals surface area contributed by atoms with Crippen LogP contribution in [0, 0.1) is 0 Å². The Kier molecular flexibility index (Phi) is 1.90. The van der Waals surface area contributed by atoms with Crippen LogP contribution in [0.3, 0.4) is 0 Å². The van der Waals surface area contributed by atoms with E-state index in [0.717, 1.165) is 6.20 Å². The van der Waals surface area contributed by atoms with Crippen molar-refractivity contribution in [2.75, 3.05) is 0 Å². The lowest BCUT2D eigenvalue weighted by Gasteiger charge is -2.10. The van der Waals surface area contributed by atoms with E-state index < -0.39 is 12.9 Å². The summed E-state index contributed by atoms with van der Waals surface area (Å²) in [4.78, 5) is 0. The standard InChI is InChI=1S/C6H6F3NO/c7-6(8,9)10-3-1-2-5(10)4-11/h1-3,11H,4H2. The molecule has 0 unspecified atom stereocenters. The van der Waals surface area contributed by atoms with Gasteiger partial charge in [-0.25, -0.2) is 0 Å². The lowest BCUT2D eigenvalue weighted by atomic mass is 10.5. The van der Waals surface area contributed by atoms with Crippen molar-refractivity contribution in [2.45, 2.75) is 12.9 Å². The first-order valence-corrected chi connectivity index (χ1v) is 2.90. The van der Waals surface area contributed by atoms with E-state index in [4.69, 9.17) is 5.11 Å². The first-order chi connectivity index (χ1) is 5.05. The number of alkyl halides is 3. The molecule has 0 aliphatic rings. The van der Waals surface area contributed by atoms with Crippen LogP contribution in [0.2, 0.25) is 0 Å². The lowest BCUT2D eigenvalue weighted by molar-refractivity contribution is -0.206. The molecule has 0 aliphatic carbocycles. The van der Waals surface area contributed by atoms with E-state index in [1.807, 2.05) is 0 Å². The molecule has 1 rings (SSSR count). The van der Waals surface area contributed by atoms with Gasteiger partial charge in [0.05, 0.1) is 12.3 Å². The van der Waals surface area contributed by atoms with E-state index in [0.29, 0.717) is 0 Å². The van der Waals surface area contributed by atoms with Gasteiger partial charge in [0.15, 0.2) is 0 Å². The van der Waals surface area contributed by atoms with Crippen molar-refractivity contribution >= 4 is 0 Å². The average molecular weight is 165 g/mol. The predicted molar refractivity (Wildman–Crippen MR) is 31.7 cm³/mol. The van der Waals surface area contributed by atoms with Crippen LogP contribution in [0.25, 0.3) is 0 Å². The van der Waals surface area contributed by atoms with E-state index in [1.165, 1.54) is 12.1 Å². The zero-order chi connectivity index (χ0) is 8.48. The lowest BCUT2D eigenvalue weighted by Crippen LogP contribution is -2.17. The molecule has 0 spiro atoms. The number of hydrogen-bond acceptors (Lipinski definition) is 1. The largest absolute Gasteiger partial charge is 0.488 e. The van der Waals surface area contributed by atoms with Crippen molar-refractivity contribution in [1.82, 2.24) is 4.57 Å². The average Bonchev–Trinajstić information content (AvgIpc) is 2.31. The summed E-state index contributed by atoms with van der Waals surface area (Å²) in [6, 6.07) is 2.45. The van der Waals surface area contributed by atoms with Crippen molar-refractivity contribution in [3.05, 3.63) is 24.0 Å². The maximum atomic E-state index is 11.9. The van der Waals surface area contributed by atoms with Crippen LogP contribution in [0.15, 0.2) is 18.3 Å². The molecular formula is C6H6F3NO. The van der Waals surface area contributed by atoms with Gasteiger partial charge in [0, 0.05) is 6.20 Å². The highest BCUT2D eigenvalue weighted by molar-refractivity contribution is 5.06. The molecule has 0 fully saturated rings. The van der Waals surface area contributed by atoms with Crippen LogP contribution in [0.5, 0.6) is 0 Å². The number of aliphatic hydroxyl groups excluding tert-OH is 1. The molecule has 0 aliphatic heterocycles. The first-order valence-electron chi connectivity index (χ1n) is 2.90. The van der Waals surface area contributed by atoms with Crippen molar-refractivity contribution < 1.29 is 18.3 Å². The van der Waals surface area contributed by atoms with E-state index in [2.05, 4.69) is 0 Å². The monoisotopic (exact) mass is 165 g/mol. The summed E-state index contributed by atoms with van der Waals surface area (Å²) in [5, 5.41) is 8.45. The molecule has 5 heteroatoms. The molecule has 1 aromatic heterocycles. The Morgan fingerprint density at radius 2 is 2.09 bits per heavy atom. The minimum atomic E-state index is -4.43. The van der Waals surface area contributed by atoms with Gasteiger partial charge in [0.2, 0.25) is 0 Å². The molecule has 0 aromatic carbocycles. The third-order valence-electron chi connectivity index (χ3n) is 1.27. The third kappa shape index (κ3) is 1.54. The fraction of sp³-hybridized carbons (Fsp3) is 0.333. The van der Waals surface area contributed by atoms with E-state index in [-0.39, 0.29) is 10.3 Å². The Bertz CT molecular complexity index is 240. The molecule has 0 bridgehead atoms. The van der Waals surface area contributed by atoms with Gasteiger partial charge in [-0.3, -0.25) is 4.57 Å². The van der Waals surface area contributed by atoms with Crippen LogP contribution in [-0.2, 0) is 12.9 Å². The van der Waals surface area contributed by atoms with Gasteiger partial charge in [-0.15, -0.1) is 13.2 Å². The van der Waals surface area contributed by atoms with Crippen LogP contribution < -0.4 is 0 Å². The third-order valence-corrected chi connectivity index (χ3v) is 1.27. The summed E-state index contributed by atoms with van der Waals surface area (Å²) in [5.41, 5.74) is -0.155. The highest BCUT2D eigenvalue weighted by atomic mass is 19.4. The van der Waals surface area contributed by atoms with Gasteiger partial charge in [-0.1, -0.05) is 0 Å². The maximum Gasteiger partial charge on any atom is 0.488 e. The SMILES string of the molecule is OCc1cccn1C(F)(F)F. The topological polar surface area (TPSA) is 25.2 Å². The van der Waals surface area contributed by atoms with Gasteiger partial charge >= 0.3 is 6.30 Å². The zero-order valence-electron chi connectivity index (χ0n) is 5.47. The quantitative estimate of drug-likeness (QED) is 0.669. The zero-order valence-corrected chi connectivity index (χ0v) is 5.47. The normalized spacial score (nSPS) is 12.0. The Balaban J connectivity index is 3.02. The fourth-order valence-electron chi connectivity index (χ4n) is 0.792. The van der Waals surface area contributed by atoms with Crippen LogP contribution in [0.1, 0.15) is 5.69 Å². The highest BCUT2D eigenvalue weighted by Gasteiger charge is 2.31. The molecule has 2 nitrogen and oxygen atoms in total. The van der Waals surface area contributed by atoms with Crippen LogP contribution >= 0.6 is 0 Å². The molecule has 0 radical (unpaired) electrons. The molecule has 0 atom stereocenters. The van der Waals surface area contributed by atoms with Crippen LogP contribution in [-0.4, -0.2) is 9.67 Å². The summed E-state index contributed by atoms with van der Waals surface area (Å²) in [6.45, 7) is -0.605. The minimum Gasteiger partial charge on any atom is -0.390 e. The van der Waals surface area contributed by atoms with Gasteiger partial charge < -0.3 is 5.11 Å². The second kappa shape index (κ2) is 2.58. The highest BCUT2D eigenvalue weighted by Crippen LogP contribution is 2.24. The number of halogens is 3. The molecule has 11 heavy (non-hydrogen) atoms. The number of nitrogens with zero attached hydrogens (tertiary/aromatic N) is 1. The van der Waals surface area contributed by atoms with Crippen molar-refractivity contribution in [2.24, 2.45) is 0 Å². The summed E-state index contributed by atoms with van der Waals surface area (Å²) < 4.78 is 35.8. The minimum absolute atomic E-state index is 0.0764. The van der Waals surface area contributed by atoms with Crippen molar-refractivity contribution in [3.63, 3.8) is 0 Å². The maximum absolute atomic E-state index is 11.9. The van der Waals surface area contributed by atoms with Gasteiger partial charge in [-0.2, -0.15) is 0 Å². The Morgan fingerprint density at radius 3 is 2.45 bits per heavy atom. The van der Waals surface area contributed by atoms with Crippen molar-refractivity contribution in [3.8, 4) is 0 Å². The van der Waals surface area contributed by atoms with E-state index >= 15 is 0 Å². The molecule has 1 heterocycles. The Labute approximate surface area is 60.9 Å². The Hall–Kier alpha value is -0.970. The second-order valence-electron chi connectivity index (χ2n) is 2.00. The number of aromatic nitrogens is 1. The van der Waals surface area contributed by atoms with Crippen LogP contribution in [0.4, 0.5) is 13.2 Å². The second-order valence-corrected chi connectivity index (χ2v) is 2.00. The smallest absolute Gasteiger partial charge is 0.390 e. The summed E-state index contributed by atoms with van der Waals surface area (Å²) >= 11 is 0. The summed E-state index contributed by atoms with van der Waals surface area (Å²) in [7, 11) is 0. The van der Waals surface area contributed by atoms with Gasteiger partial charge in [-0.05, 0) is 12.1 Å². The molecule has 1 aromatic rings. The number of hydrogen-bond donors (Lipinski definition) is 1. The van der Waals surface area contributed by atoms with Crippen molar-refractivity contribution in [1.29, 1.82) is 0 Å². The molecule has 0 saturated carbocycles. The molecule has 0 saturated heterocycles. The number of rotatable bonds is 1. The molecule has 0 amide bonds. The van der Waals surface area contributed by atoms with E-state index in [9.17, 15) is 13.2 Å².